The predicted octanol–water partition coefficient (Wildman–Crippen LogP) is 0.139. The van der Waals surface area contributed by atoms with Crippen LogP contribution in [-0.4, -0.2) is 18.9 Å². The Labute approximate surface area is 47.6 Å². The van der Waals surface area contributed by atoms with E-state index in [1.807, 2.05) is 0 Å². The fraction of sp³-hybridized carbons (Fsp3) is 0.600. The van der Waals surface area contributed by atoms with Crippen LogP contribution in [0.4, 0.5) is 0 Å². The van der Waals surface area contributed by atoms with Crippen LogP contribution in [0.1, 0.15) is 13.3 Å². The zero-order valence-corrected chi connectivity index (χ0v) is 4.72. The molecule has 46 valence electrons. The molecule has 0 bridgehead atoms. The van der Waals surface area contributed by atoms with E-state index < -0.39 is 0 Å². The lowest BCUT2D eigenvalue weighted by molar-refractivity contribution is -0.129. The van der Waals surface area contributed by atoms with Gasteiger partial charge < -0.3 is 4.74 Å². The molecule has 0 N–H and O–H groups in total. The van der Waals surface area contributed by atoms with E-state index in [0.717, 1.165) is 0 Å². The number of Topliss-reactive ketones (excluding diaryl/α,β-unsaturated/α-hetero) is 1. The Hall–Kier alpha value is -0.860. The number of hydrogen-bond acceptors (Lipinski definition) is 3. The van der Waals surface area contributed by atoms with Crippen LogP contribution in [0, 0.1) is 0 Å². The molecule has 3 nitrogen and oxygen atoms in total. The lowest BCUT2D eigenvalue weighted by atomic mass is 10.3. The van der Waals surface area contributed by atoms with Crippen molar-refractivity contribution in [2.75, 3.05) is 6.61 Å². The average Bonchev–Trinajstić information content (AvgIpc) is 1.66. The summed E-state index contributed by atoms with van der Waals surface area (Å²) in [6, 6.07) is 0. The standard InChI is InChI=1S/C5H8O3/c1-5(7)2-3-8-4-6/h4H,2-3H2,1H3. The predicted molar refractivity (Wildman–Crippen MR) is 27.3 cm³/mol. The number of ether oxygens (including phenoxy) is 1. The van der Waals surface area contributed by atoms with Crippen LogP contribution in [0.2, 0.25) is 0 Å². The molecule has 0 aliphatic carbocycles. The summed E-state index contributed by atoms with van der Waals surface area (Å²) in [5.41, 5.74) is 0. The third-order valence-electron chi connectivity index (χ3n) is 0.640. The van der Waals surface area contributed by atoms with Gasteiger partial charge in [0.25, 0.3) is 6.47 Å². The van der Waals surface area contributed by atoms with Crippen molar-refractivity contribution < 1.29 is 14.3 Å². The van der Waals surface area contributed by atoms with Crippen LogP contribution < -0.4 is 0 Å². The lowest BCUT2D eigenvalue weighted by Crippen LogP contribution is -1.97. The Balaban J connectivity index is 2.93. The third-order valence-corrected chi connectivity index (χ3v) is 0.640. The first-order chi connectivity index (χ1) is 3.77. The van der Waals surface area contributed by atoms with Gasteiger partial charge >= 0.3 is 0 Å². The van der Waals surface area contributed by atoms with Crippen molar-refractivity contribution in [1.82, 2.24) is 0 Å². The van der Waals surface area contributed by atoms with E-state index in [1.54, 1.807) is 0 Å². The Kier molecular flexibility index (Phi) is 3.84. The zero-order chi connectivity index (χ0) is 6.41. The molecule has 0 spiro atoms. The fourth-order valence-corrected chi connectivity index (χ4v) is 0.251. The molecule has 8 heavy (non-hydrogen) atoms. The third kappa shape index (κ3) is 5.14. The van der Waals surface area contributed by atoms with Crippen molar-refractivity contribution in [3.63, 3.8) is 0 Å². The maximum absolute atomic E-state index is 10.1. The maximum atomic E-state index is 10.1. The molecule has 0 aromatic rings. The second-order valence-corrected chi connectivity index (χ2v) is 1.42. The van der Waals surface area contributed by atoms with E-state index in [1.165, 1.54) is 6.92 Å². The highest BCUT2D eigenvalue weighted by Gasteiger charge is 1.89. The summed E-state index contributed by atoms with van der Waals surface area (Å²) in [5.74, 6) is 0.0341. The topological polar surface area (TPSA) is 43.4 Å². The Bertz CT molecular complexity index is 87.7. The van der Waals surface area contributed by atoms with Gasteiger partial charge in [0.05, 0.1) is 6.61 Å². The molecule has 0 aliphatic rings. The van der Waals surface area contributed by atoms with Gasteiger partial charge in [0.2, 0.25) is 0 Å². The van der Waals surface area contributed by atoms with Crippen molar-refractivity contribution in [1.29, 1.82) is 0 Å². The van der Waals surface area contributed by atoms with Crippen molar-refractivity contribution >= 4 is 12.3 Å². The number of ketones is 1. The SMILES string of the molecule is CC(=O)CCOC=O. The van der Waals surface area contributed by atoms with Gasteiger partial charge in [-0.1, -0.05) is 0 Å². The summed E-state index contributed by atoms with van der Waals surface area (Å²) in [6.45, 7) is 2.00. The quantitative estimate of drug-likeness (QED) is 0.387. The van der Waals surface area contributed by atoms with Crippen molar-refractivity contribution in [2.45, 2.75) is 13.3 Å². The average molecular weight is 116 g/mol. The molecule has 3 heteroatoms. The minimum atomic E-state index is 0.0341. The zero-order valence-electron chi connectivity index (χ0n) is 4.72. The van der Waals surface area contributed by atoms with E-state index >= 15 is 0 Å². The summed E-state index contributed by atoms with van der Waals surface area (Å²) in [6.07, 6.45) is 0.318. The molecule has 0 radical (unpaired) electrons. The van der Waals surface area contributed by atoms with Crippen LogP contribution in [0.3, 0.4) is 0 Å². The molecule has 0 rings (SSSR count). The van der Waals surface area contributed by atoms with Crippen LogP contribution in [0.25, 0.3) is 0 Å². The molecular weight excluding hydrogens is 108 g/mol. The van der Waals surface area contributed by atoms with E-state index in [9.17, 15) is 9.59 Å². The van der Waals surface area contributed by atoms with Crippen LogP contribution in [-0.2, 0) is 14.3 Å². The summed E-state index contributed by atoms with van der Waals surface area (Å²) in [7, 11) is 0. The largest absolute Gasteiger partial charge is 0.467 e. The summed E-state index contributed by atoms with van der Waals surface area (Å²) in [4.78, 5) is 19.6. The molecule has 0 saturated heterocycles. The first kappa shape index (κ1) is 7.14. The lowest BCUT2D eigenvalue weighted by Gasteiger charge is -1.90. The molecule has 0 atom stereocenters. The molecule has 0 heterocycles. The minimum absolute atomic E-state index is 0.0341. The van der Waals surface area contributed by atoms with E-state index in [2.05, 4.69) is 4.74 Å². The van der Waals surface area contributed by atoms with Gasteiger partial charge in [-0.2, -0.15) is 0 Å². The van der Waals surface area contributed by atoms with Gasteiger partial charge in [-0.05, 0) is 6.92 Å². The Morgan fingerprint density at radius 1 is 1.75 bits per heavy atom. The normalized spacial score (nSPS) is 8.12. The van der Waals surface area contributed by atoms with Gasteiger partial charge in [-0.25, -0.2) is 0 Å². The second-order valence-electron chi connectivity index (χ2n) is 1.42. The van der Waals surface area contributed by atoms with Crippen molar-refractivity contribution in [3.05, 3.63) is 0 Å². The number of carbonyl (C=O) groups excluding carboxylic acids is 2. The highest BCUT2D eigenvalue weighted by Crippen LogP contribution is 1.79. The molecule has 0 unspecified atom stereocenters. The van der Waals surface area contributed by atoms with Gasteiger partial charge in [-0.15, -0.1) is 0 Å². The van der Waals surface area contributed by atoms with Gasteiger partial charge in [0.15, 0.2) is 0 Å². The smallest absolute Gasteiger partial charge is 0.293 e. The van der Waals surface area contributed by atoms with Crippen molar-refractivity contribution in [3.8, 4) is 0 Å². The van der Waals surface area contributed by atoms with E-state index in [-0.39, 0.29) is 12.4 Å². The number of carbonyl (C=O) groups is 2. The molecule has 0 amide bonds. The summed E-state index contributed by atoms with van der Waals surface area (Å²) in [5, 5.41) is 0. The Morgan fingerprint density at radius 3 is 2.75 bits per heavy atom. The number of rotatable bonds is 4. The molecule has 0 aromatic heterocycles. The Morgan fingerprint density at radius 2 is 2.38 bits per heavy atom. The first-order valence-electron chi connectivity index (χ1n) is 2.32. The highest BCUT2D eigenvalue weighted by molar-refractivity contribution is 5.75. The van der Waals surface area contributed by atoms with Gasteiger partial charge in [-0.3, -0.25) is 9.59 Å². The van der Waals surface area contributed by atoms with Crippen molar-refractivity contribution in [2.24, 2.45) is 0 Å². The molecule has 0 fully saturated rings. The fourth-order valence-electron chi connectivity index (χ4n) is 0.251. The molecule has 0 saturated carbocycles. The molecular formula is C5H8O3. The highest BCUT2D eigenvalue weighted by atomic mass is 16.5. The second kappa shape index (κ2) is 4.30. The maximum Gasteiger partial charge on any atom is 0.293 e. The minimum Gasteiger partial charge on any atom is -0.467 e. The number of hydrogen-bond donors (Lipinski definition) is 0. The summed E-state index contributed by atoms with van der Waals surface area (Å²) < 4.78 is 4.24. The molecule has 0 aliphatic heterocycles. The summed E-state index contributed by atoms with van der Waals surface area (Å²) >= 11 is 0. The van der Waals surface area contributed by atoms with E-state index in [4.69, 9.17) is 0 Å². The van der Waals surface area contributed by atoms with Crippen LogP contribution >= 0.6 is 0 Å². The van der Waals surface area contributed by atoms with Gasteiger partial charge in [0.1, 0.15) is 5.78 Å². The first-order valence-corrected chi connectivity index (χ1v) is 2.32. The van der Waals surface area contributed by atoms with Gasteiger partial charge in [0, 0.05) is 6.42 Å². The van der Waals surface area contributed by atoms with E-state index in [0.29, 0.717) is 12.9 Å². The molecule has 0 aromatic carbocycles. The monoisotopic (exact) mass is 116 g/mol. The van der Waals surface area contributed by atoms with Crippen LogP contribution in [0.15, 0.2) is 0 Å². The van der Waals surface area contributed by atoms with Crippen LogP contribution in [0.5, 0.6) is 0 Å².